The molecule has 1 aliphatic heterocycles. The van der Waals surface area contributed by atoms with E-state index in [-0.39, 0.29) is 5.97 Å². The molecule has 1 fully saturated rings. The van der Waals surface area contributed by atoms with Gasteiger partial charge >= 0.3 is 5.97 Å². The molecule has 2 atom stereocenters. The fourth-order valence-electron chi connectivity index (χ4n) is 2.65. The van der Waals surface area contributed by atoms with Gasteiger partial charge in [-0.3, -0.25) is 4.79 Å². The van der Waals surface area contributed by atoms with E-state index in [1.165, 1.54) is 26.5 Å². The van der Waals surface area contributed by atoms with Crippen molar-refractivity contribution in [3.63, 3.8) is 0 Å². The second kappa shape index (κ2) is 6.50. The number of esters is 1. The molecule has 0 bridgehead atoms. The van der Waals surface area contributed by atoms with E-state index in [1.807, 2.05) is 6.92 Å². The zero-order chi connectivity index (χ0) is 13.8. The molecule has 1 N–H and O–H groups in total. The van der Waals surface area contributed by atoms with Gasteiger partial charge in [0, 0.05) is 19.1 Å². The Morgan fingerprint density at radius 2 is 2.28 bits per heavy atom. The number of hydrogen-bond donors (Lipinski definition) is 1. The normalized spacial score (nSPS) is 24.2. The number of likely N-dealkylation sites (N-methyl/N-ethyl adjacent to an activating group) is 3. The Hall–Kier alpha value is -0.650. The third kappa shape index (κ3) is 3.67. The van der Waals surface area contributed by atoms with Crippen molar-refractivity contribution in [3.8, 4) is 0 Å². The molecule has 0 radical (unpaired) electrons. The van der Waals surface area contributed by atoms with Crippen LogP contribution in [0.1, 0.15) is 19.8 Å². The Bertz CT molecular complexity index is 285. The van der Waals surface area contributed by atoms with Crippen molar-refractivity contribution in [1.29, 1.82) is 0 Å². The number of rotatable bonds is 6. The smallest absolute Gasteiger partial charge is 0.327 e. The van der Waals surface area contributed by atoms with Gasteiger partial charge in [-0.25, -0.2) is 0 Å². The molecular weight excluding hydrogens is 230 g/mol. The van der Waals surface area contributed by atoms with Crippen LogP contribution in [-0.4, -0.2) is 75.2 Å². The lowest BCUT2D eigenvalue weighted by atomic mass is 10.0. The molecule has 0 aromatic rings. The number of likely N-dealkylation sites (tertiary alicyclic amines) is 1. The highest BCUT2D eigenvalue weighted by atomic mass is 16.5. The Morgan fingerprint density at radius 1 is 1.61 bits per heavy atom. The molecule has 18 heavy (non-hydrogen) atoms. The van der Waals surface area contributed by atoms with E-state index >= 15 is 0 Å². The highest BCUT2D eigenvalue weighted by Crippen LogP contribution is 2.16. The largest absolute Gasteiger partial charge is 0.468 e. The van der Waals surface area contributed by atoms with Crippen molar-refractivity contribution in [2.24, 2.45) is 0 Å². The van der Waals surface area contributed by atoms with Gasteiger partial charge in [0.2, 0.25) is 0 Å². The van der Waals surface area contributed by atoms with Crippen molar-refractivity contribution < 1.29 is 9.53 Å². The van der Waals surface area contributed by atoms with E-state index in [0.717, 1.165) is 6.54 Å². The van der Waals surface area contributed by atoms with Crippen LogP contribution < -0.4 is 5.32 Å². The maximum absolute atomic E-state index is 11.8. The summed E-state index contributed by atoms with van der Waals surface area (Å²) in [5, 5.41) is 3.07. The van der Waals surface area contributed by atoms with Crippen molar-refractivity contribution in [2.45, 2.75) is 31.3 Å². The topological polar surface area (TPSA) is 44.8 Å². The summed E-state index contributed by atoms with van der Waals surface area (Å²) < 4.78 is 4.86. The van der Waals surface area contributed by atoms with E-state index in [2.05, 4.69) is 29.2 Å². The first-order chi connectivity index (χ1) is 8.42. The van der Waals surface area contributed by atoms with Crippen molar-refractivity contribution >= 4 is 5.97 Å². The number of carbonyl (C=O) groups excluding carboxylic acids is 1. The Labute approximate surface area is 110 Å². The fourth-order valence-corrected chi connectivity index (χ4v) is 2.65. The molecule has 5 nitrogen and oxygen atoms in total. The standard InChI is InChI=1S/C13H27N3O2/c1-13(14-2,12(17)18-5)10-15(3)9-11-7-6-8-16(11)4/h11,14H,6-10H2,1-5H3. The molecule has 0 aromatic carbocycles. The minimum Gasteiger partial charge on any atom is -0.468 e. The second-order valence-electron chi connectivity index (χ2n) is 5.55. The molecule has 0 aromatic heterocycles. The van der Waals surface area contributed by atoms with E-state index in [4.69, 9.17) is 4.74 Å². The summed E-state index contributed by atoms with van der Waals surface area (Å²) in [6.07, 6.45) is 2.52. The first-order valence-corrected chi connectivity index (χ1v) is 6.59. The van der Waals surface area contributed by atoms with Crippen LogP contribution in [0.2, 0.25) is 0 Å². The van der Waals surface area contributed by atoms with Crippen LogP contribution in [0.25, 0.3) is 0 Å². The zero-order valence-corrected chi connectivity index (χ0v) is 12.3. The molecule has 0 aliphatic carbocycles. The van der Waals surface area contributed by atoms with Crippen LogP contribution in [0.5, 0.6) is 0 Å². The molecule has 0 amide bonds. The maximum Gasteiger partial charge on any atom is 0.327 e. The maximum atomic E-state index is 11.8. The van der Waals surface area contributed by atoms with Crippen molar-refractivity contribution in [1.82, 2.24) is 15.1 Å². The average Bonchev–Trinajstić information content (AvgIpc) is 2.73. The van der Waals surface area contributed by atoms with Crippen molar-refractivity contribution in [2.75, 3.05) is 47.9 Å². The van der Waals surface area contributed by atoms with Gasteiger partial charge in [-0.1, -0.05) is 0 Å². The Kier molecular flexibility index (Phi) is 5.56. The zero-order valence-electron chi connectivity index (χ0n) is 12.3. The third-order valence-corrected chi connectivity index (χ3v) is 3.97. The number of nitrogens with zero attached hydrogens (tertiary/aromatic N) is 2. The van der Waals surface area contributed by atoms with Crippen molar-refractivity contribution in [3.05, 3.63) is 0 Å². The molecule has 1 heterocycles. The second-order valence-corrected chi connectivity index (χ2v) is 5.55. The lowest BCUT2D eigenvalue weighted by Crippen LogP contribution is -2.56. The van der Waals surface area contributed by atoms with E-state index in [9.17, 15) is 4.79 Å². The number of carbonyl (C=O) groups is 1. The van der Waals surface area contributed by atoms with Gasteiger partial charge in [0.05, 0.1) is 7.11 Å². The van der Waals surface area contributed by atoms with Gasteiger partial charge in [0.25, 0.3) is 0 Å². The molecule has 0 spiro atoms. The predicted molar refractivity (Wildman–Crippen MR) is 72.6 cm³/mol. The Balaban J connectivity index is 2.51. The number of nitrogens with one attached hydrogen (secondary N) is 1. The average molecular weight is 257 g/mol. The number of ether oxygens (including phenoxy) is 1. The van der Waals surface area contributed by atoms with Crippen LogP contribution in [-0.2, 0) is 9.53 Å². The molecule has 0 saturated carbocycles. The van der Waals surface area contributed by atoms with Crippen LogP contribution in [0, 0.1) is 0 Å². The Morgan fingerprint density at radius 3 is 2.72 bits per heavy atom. The molecule has 1 aliphatic rings. The minimum absolute atomic E-state index is 0.211. The van der Waals surface area contributed by atoms with Crippen LogP contribution in [0.15, 0.2) is 0 Å². The summed E-state index contributed by atoms with van der Waals surface area (Å²) in [4.78, 5) is 16.4. The molecule has 1 saturated heterocycles. The van der Waals surface area contributed by atoms with Crippen LogP contribution >= 0.6 is 0 Å². The van der Waals surface area contributed by atoms with Gasteiger partial charge in [0.15, 0.2) is 0 Å². The van der Waals surface area contributed by atoms with E-state index < -0.39 is 5.54 Å². The summed E-state index contributed by atoms with van der Waals surface area (Å²) >= 11 is 0. The van der Waals surface area contributed by atoms with Gasteiger partial charge < -0.3 is 19.9 Å². The highest BCUT2D eigenvalue weighted by Gasteiger charge is 2.34. The van der Waals surface area contributed by atoms with Crippen LogP contribution in [0.4, 0.5) is 0 Å². The summed E-state index contributed by atoms with van der Waals surface area (Å²) in [6.45, 7) is 4.71. The lowest BCUT2D eigenvalue weighted by molar-refractivity contribution is -0.148. The number of hydrogen-bond acceptors (Lipinski definition) is 5. The minimum atomic E-state index is -0.638. The summed E-state index contributed by atoms with van der Waals surface area (Å²) in [6, 6.07) is 0.605. The third-order valence-electron chi connectivity index (χ3n) is 3.97. The van der Waals surface area contributed by atoms with Gasteiger partial charge in [-0.05, 0) is 47.5 Å². The van der Waals surface area contributed by atoms with Gasteiger partial charge in [-0.2, -0.15) is 0 Å². The molecule has 5 heteroatoms. The fraction of sp³-hybridized carbons (Fsp3) is 0.923. The molecular formula is C13H27N3O2. The predicted octanol–water partition coefficient (Wildman–Crippen LogP) is 0.164. The molecule has 2 unspecified atom stereocenters. The number of methoxy groups -OCH3 is 1. The van der Waals surface area contributed by atoms with E-state index in [0.29, 0.717) is 12.6 Å². The summed E-state index contributed by atoms with van der Waals surface area (Å²) in [7, 11) is 7.46. The highest BCUT2D eigenvalue weighted by molar-refractivity contribution is 5.80. The van der Waals surface area contributed by atoms with E-state index in [1.54, 1.807) is 7.05 Å². The van der Waals surface area contributed by atoms with Gasteiger partial charge in [-0.15, -0.1) is 0 Å². The first kappa shape index (κ1) is 15.4. The SMILES string of the molecule is CNC(C)(CN(C)CC1CCCN1C)C(=O)OC. The summed E-state index contributed by atoms with van der Waals surface area (Å²) in [5.74, 6) is -0.211. The first-order valence-electron chi connectivity index (χ1n) is 6.59. The molecule has 106 valence electrons. The summed E-state index contributed by atoms with van der Waals surface area (Å²) in [5.41, 5.74) is -0.638. The quantitative estimate of drug-likeness (QED) is 0.687. The van der Waals surface area contributed by atoms with Crippen LogP contribution in [0.3, 0.4) is 0 Å². The monoisotopic (exact) mass is 257 g/mol. The lowest BCUT2D eigenvalue weighted by Gasteiger charge is -2.33. The van der Waals surface area contributed by atoms with Gasteiger partial charge in [0.1, 0.15) is 5.54 Å². The molecule has 1 rings (SSSR count).